The molecule has 260 valence electrons. The van der Waals surface area contributed by atoms with Gasteiger partial charge in [0.15, 0.2) is 0 Å². The maximum atomic E-state index is 9.91. The predicted molar refractivity (Wildman–Crippen MR) is 208 cm³/mol. The van der Waals surface area contributed by atoms with Crippen LogP contribution < -0.4 is 0 Å². The second-order valence-electron chi connectivity index (χ2n) is 14.0. The summed E-state index contributed by atoms with van der Waals surface area (Å²) in [5.74, 6) is 3.13. The lowest BCUT2D eigenvalue weighted by Crippen LogP contribution is -2.04. The summed E-state index contributed by atoms with van der Waals surface area (Å²) in [7, 11) is 0. The number of hydrogen-bond acceptors (Lipinski definition) is 0. The fourth-order valence-corrected chi connectivity index (χ4v) is 6.85. The Morgan fingerprint density at radius 2 is 0.872 bits per heavy atom. The molecular formula is C45H70N2. The van der Waals surface area contributed by atoms with Crippen LogP contribution in [-0.2, 0) is 25.7 Å². The summed E-state index contributed by atoms with van der Waals surface area (Å²) in [6.45, 7) is 13.7. The summed E-state index contributed by atoms with van der Waals surface area (Å²) in [5.41, 5.74) is 22.3. The van der Waals surface area contributed by atoms with Crippen LogP contribution >= 0.6 is 0 Å². The second-order valence-corrected chi connectivity index (χ2v) is 14.0. The molecule has 2 rings (SSSR count). The summed E-state index contributed by atoms with van der Waals surface area (Å²) in [5, 5.41) is 0. The number of rotatable bonds is 26. The van der Waals surface area contributed by atoms with Crippen molar-refractivity contribution in [2.75, 3.05) is 0 Å². The smallest absolute Gasteiger partial charge is 0.303 e. The van der Waals surface area contributed by atoms with Gasteiger partial charge in [-0.15, -0.1) is 4.79 Å². The topological polar surface area (TPSA) is 36.4 Å². The molecule has 0 atom stereocenters. The SMILES string of the molecule is CCCCCCc1cc(CCCCCC)cc(C(=C(CCCC)C(=C=[N+]=[N-])CCCCC)c2cc(CCCC)cc(CCCC)c2)c1. The standard InChI is InChI=1S/C45H70N2/c1-7-13-19-22-26-39-31-40(27-23-20-14-8-2)35-43(34-39)45(44(29-18-12-6)41(36-47-46)28-21-15-9-3)42-32-37(24-16-10-4)30-38(33-42)25-17-11-5/h30-35H,7-29H2,1-6H3. The third-order valence-corrected chi connectivity index (χ3v) is 9.62. The van der Waals surface area contributed by atoms with Crippen LogP contribution in [0.5, 0.6) is 0 Å². The molecule has 2 heteroatoms. The van der Waals surface area contributed by atoms with Crippen molar-refractivity contribution in [1.82, 2.24) is 0 Å². The lowest BCUT2D eigenvalue weighted by molar-refractivity contribution is 0.00739. The normalized spacial score (nSPS) is 11.7. The molecule has 47 heavy (non-hydrogen) atoms. The number of nitrogens with zero attached hydrogens (tertiary/aromatic N) is 2. The molecule has 0 radical (unpaired) electrons. The summed E-state index contributed by atoms with van der Waals surface area (Å²) in [6, 6.07) is 15.0. The minimum absolute atomic E-state index is 0.902. The maximum Gasteiger partial charge on any atom is 0.303 e. The fourth-order valence-electron chi connectivity index (χ4n) is 6.85. The van der Waals surface area contributed by atoms with Gasteiger partial charge in [-0.3, -0.25) is 0 Å². The van der Waals surface area contributed by atoms with Crippen molar-refractivity contribution in [2.45, 2.75) is 189 Å². The highest BCUT2D eigenvalue weighted by Gasteiger charge is 2.20. The van der Waals surface area contributed by atoms with Gasteiger partial charge in [0.25, 0.3) is 0 Å². The molecule has 2 nitrogen and oxygen atoms in total. The van der Waals surface area contributed by atoms with Crippen LogP contribution in [-0.4, -0.2) is 10.7 Å². The Morgan fingerprint density at radius 3 is 1.28 bits per heavy atom. The van der Waals surface area contributed by atoms with Crippen molar-refractivity contribution in [1.29, 1.82) is 0 Å². The molecule has 0 saturated carbocycles. The van der Waals surface area contributed by atoms with E-state index in [0.29, 0.717) is 0 Å². The molecule has 2 aromatic rings. The summed E-state index contributed by atoms with van der Waals surface area (Å²) in [4.78, 5) is 3.56. The van der Waals surface area contributed by atoms with Crippen LogP contribution in [0.3, 0.4) is 0 Å². The molecule has 0 amide bonds. The number of aryl methyl sites for hydroxylation is 4. The molecule has 0 N–H and O–H groups in total. The Hall–Kier alpha value is -2.66. The van der Waals surface area contributed by atoms with Gasteiger partial charge < -0.3 is 5.53 Å². The first-order valence-corrected chi connectivity index (χ1v) is 20.0. The predicted octanol–water partition coefficient (Wildman–Crippen LogP) is 14.0. The summed E-state index contributed by atoms with van der Waals surface area (Å²) < 4.78 is 0. The minimum atomic E-state index is 0.902. The van der Waals surface area contributed by atoms with Crippen LogP contribution in [0.4, 0.5) is 0 Å². The van der Waals surface area contributed by atoms with E-state index in [4.69, 9.17) is 0 Å². The number of unbranched alkanes of at least 4 members (excludes halogenated alkanes) is 11. The van der Waals surface area contributed by atoms with E-state index in [1.807, 2.05) is 0 Å². The first-order valence-electron chi connectivity index (χ1n) is 20.0. The van der Waals surface area contributed by atoms with E-state index < -0.39 is 0 Å². The molecule has 0 aliphatic heterocycles. The van der Waals surface area contributed by atoms with E-state index in [1.165, 1.54) is 134 Å². The Bertz CT molecular complexity index is 1210. The third kappa shape index (κ3) is 15.4. The Kier molecular flexibility index (Phi) is 21.9. The molecule has 0 unspecified atom stereocenters. The second kappa shape index (κ2) is 25.4. The van der Waals surface area contributed by atoms with E-state index in [0.717, 1.165) is 63.4 Å². The highest BCUT2D eigenvalue weighted by atomic mass is 14.8. The molecule has 0 spiro atoms. The molecule has 0 aliphatic carbocycles. The first kappa shape index (κ1) is 40.5. The van der Waals surface area contributed by atoms with Gasteiger partial charge in [-0.1, -0.05) is 149 Å². The Balaban J connectivity index is 2.95. The molecule has 2 aromatic carbocycles. The first-order chi connectivity index (χ1) is 23.0. The average molecular weight is 639 g/mol. The minimum Gasteiger partial charge on any atom is -0.348 e. The van der Waals surface area contributed by atoms with Crippen molar-refractivity contribution in [3.05, 3.63) is 86.5 Å². The number of hydrogen-bond donors (Lipinski definition) is 0. The summed E-state index contributed by atoms with van der Waals surface area (Å²) >= 11 is 0. The monoisotopic (exact) mass is 639 g/mol. The van der Waals surface area contributed by atoms with Crippen LogP contribution in [0.15, 0.2) is 47.5 Å². The lowest BCUT2D eigenvalue weighted by atomic mass is 9.82. The molecule has 0 fully saturated rings. The number of benzene rings is 2. The molecular weight excluding hydrogens is 569 g/mol. The highest BCUT2D eigenvalue weighted by molar-refractivity contribution is 5.87. The van der Waals surface area contributed by atoms with E-state index >= 15 is 0 Å². The molecule has 0 heterocycles. The van der Waals surface area contributed by atoms with Crippen LogP contribution in [0.25, 0.3) is 11.1 Å². The van der Waals surface area contributed by atoms with Crippen molar-refractivity contribution in [3.63, 3.8) is 0 Å². The molecule has 0 saturated heterocycles. The van der Waals surface area contributed by atoms with Crippen LogP contribution in [0, 0.1) is 0 Å². The zero-order valence-electron chi connectivity index (χ0n) is 31.6. The van der Waals surface area contributed by atoms with E-state index in [1.54, 1.807) is 0 Å². The van der Waals surface area contributed by atoms with Gasteiger partial charge in [0, 0.05) is 0 Å². The summed E-state index contributed by atoms with van der Waals surface area (Å²) in [6.07, 6.45) is 27.2. The van der Waals surface area contributed by atoms with Gasteiger partial charge in [-0.2, -0.15) is 0 Å². The zero-order chi connectivity index (χ0) is 34.1. The van der Waals surface area contributed by atoms with Gasteiger partial charge in [0.1, 0.15) is 0 Å². The fraction of sp³-hybridized carbons (Fsp3) is 0.644. The quantitative estimate of drug-likeness (QED) is 0.0323. The van der Waals surface area contributed by atoms with Crippen molar-refractivity contribution < 1.29 is 4.79 Å². The molecule has 0 bridgehead atoms. The van der Waals surface area contributed by atoms with Crippen LogP contribution in [0.1, 0.15) is 197 Å². The lowest BCUT2D eigenvalue weighted by Gasteiger charge is -2.21. The zero-order valence-corrected chi connectivity index (χ0v) is 31.6. The Morgan fingerprint density at radius 1 is 0.468 bits per heavy atom. The molecule has 0 aromatic heterocycles. The Labute approximate surface area is 291 Å². The van der Waals surface area contributed by atoms with E-state index in [9.17, 15) is 5.53 Å². The third-order valence-electron chi connectivity index (χ3n) is 9.62. The maximum absolute atomic E-state index is 9.91. The number of allylic oxidation sites excluding steroid dienone is 2. The van der Waals surface area contributed by atoms with Gasteiger partial charge in [0.05, 0.1) is 5.57 Å². The molecule has 0 aliphatic rings. The average Bonchev–Trinajstić information content (AvgIpc) is 3.08. The van der Waals surface area contributed by atoms with Crippen molar-refractivity contribution in [2.24, 2.45) is 0 Å². The van der Waals surface area contributed by atoms with Crippen LogP contribution in [0.2, 0.25) is 0 Å². The van der Waals surface area contributed by atoms with Gasteiger partial charge >= 0.3 is 5.87 Å². The van der Waals surface area contributed by atoms with Gasteiger partial charge in [-0.05, 0) is 122 Å². The van der Waals surface area contributed by atoms with E-state index in [2.05, 4.69) is 88.6 Å². The van der Waals surface area contributed by atoms with Gasteiger partial charge in [0.2, 0.25) is 0 Å². The largest absolute Gasteiger partial charge is 0.348 e. The van der Waals surface area contributed by atoms with E-state index in [-0.39, 0.29) is 0 Å². The highest BCUT2D eigenvalue weighted by Crippen LogP contribution is 2.37. The van der Waals surface area contributed by atoms with Gasteiger partial charge in [-0.25, -0.2) is 0 Å². The van der Waals surface area contributed by atoms with Crippen molar-refractivity contribution in [3.8, 4) is 0 Å². The van der Waals surface area contributed by atoms with Crippen molar-refractivity contribution >= 4 is 11.4 Å².